The van der Waals surface area contributed by atoms with Crippen LogP contribution in [0.2, 0.25) is 0 Å². The van der Waals surface area contributed by atoms with Crippen molar-refractivity contribution >= 4 is 102 Å². The van der Waals surface area contributed by atoms with Gasteiger partial charge in [-0.15, -0.1) is 0 Å². The van der Waals surface area contributed by atoms with Crippen LogP contribution in [0.5, 0.6) is 0 Å². The summed E-state index contributed by atoms with van der Waals surface area (Å²) in [6.07, 6.45) is 21.8. The lowest BCUT2D eigenvalue weighted by atomic mass is 9.74. The van der Waals surface area contributed by atoms with Crippen LogP contribution in [0.3, 0.4) is 0 Å². The van der Waals surface area contributed by atoms with Crippen molar-refractivity contribution in [2.24, 2.45) is 12.5 Å². The second-order valence-electron chi connectivity index (χ2n) is 23.9. The molecule has 0 fully saturated rings. The van der Waals surface area contributed by atoms with Crippen molar-refractivity contribution in [3.05, 3.63) is 216 Å². The molecule has 0 bridgehead atoms. The largest absolute Gasteiger partial charge is 1.00 e. The SMILES string of the molecule is CCCCCN1c2ccc(C)cc2SC1CC1=C/C(=C/c2sc3cc(C)ccc3[n+]2CC)CC(C)(C)C1.Cc1ccc(SOO[O-])cc1.Cc1ccc2c(c1)SC(=CC1=CC(=Cc3sc4cc(C)ccc4[n+]3C)CC(c3ccccc3)C1)N2C.[I-]. The van der Waals surface area contributed by atoms with Crippen LogP contribution in [0.15, 0.2) is 188 Å². The van der Waals surface area contributed by atoms with E-state index in [9.17, 15) is 5.26 Å². The molecule has 0 saturated carbocycles. The molecule has 6 aromatic carbocycles. The molecule has 0 amide bonds. The molecule has 8 aromatic rings. The fourth-order valence-electron chi connectivity index (χ4n) is 12.0. The molecule has 13 heteroatoms. The molecule has 4 aliphatic rings. The molecule has 444 valence electrons. The van der Waals surface area contributed by atoms with Crippen LogP contribution >= 0.6 is 58.2 Å². The summed E-state index contributed by atoms with van der Waals surface area (Å²) >= 11 is 8.70. The van der Waals surface area contributed by atoms with E-state index >= 15 is 0 Å². The average molecular weight is 1340 g/mol. The number of aryl methyl sites for hydroxylation is 7. The van der Waals surface area contributed by atoms with Crippen molar-refractivity contribution in [2.75, 3.05) is 23.4 Å². The number of benzene rings is 6. The fraction of sp³-hybridized carbons (Fsp3) is 0.333. The number of allylic oxidation sites excluding steroid dienone is 6. The number of nitrogens with zero attached hydrogens (tertiary/aromatic N) is 4. The molecule has 2 aromatic heterocycles. The number of fused-ring (bicyclic) bond motifs is 4. The Labute approximate surface area is 543 Å². The van der Waals surface area contributed by atoms with E-state index in [1.807, 2.05) is 65.6 Å². The zero-order valence-corrected chi connectivity index (χ0v) is 57.4. The first-order valence-electron chi connectivity index (χ1n) is 29.7. The van der Waals surface area contributed by atoms with Gasteiger partial charge in [0.05, 0.1) is 33.8 Å². The van der Waals surface area contributed by atoms with E-state index in [2.05, 4.69) is 243 Å². The second-order valence-corrected chi connectivity index (χ2v) is 29.1. The summed E-state index contributed by atoms with van der Waals surface area (Å²) in [5, 5.41) is 17.1. The van der Waals surface area contributed by atoms with Crippen molar-refractivity contribution in [1.29, 1.82) is 0 Å². The van der Waals surface area contributed by atoms with Crippen LogP contribution in [0.25, 0.3) is 32.6 Å². The Hall–Kier alpha value is -4.94. The van der Waals surface area contributed by atoms with Gasteiger partial charge >= 0.3 is 0 Å². The van der Waals surface area contributed by atoms with Crippen LogP contribution < -0.4 is 48.2 Å². The zero-order chi connectivity index (χ0) is 59.1. The molecule has 2 aliphatic carbocycles. The van der Waals surface area contributed by atoms with Crippen molar-refractivity contribution < 1.29 is 47.7 Å². The second kappa shape index (κ2) is 29.4. The first-order valence-corrected chi connectivity index (χ1v) is 33.8. The quantitative estimate of drug-likeness (QED) is 0.0267. The van der Waals surface area contributed by atoms with Gasteiger partial charge in [0.25, 0.3) is 10.0 Å². The molecule has 0 spiro atoms. The number of thiazole rings is 2. The third-order valence-corrected chi connectivity index (χ3v) is 21.5. The predicted molar refractivity (Wildman–Crippen MR) is 359 cm³/mol. The van der Waals surface area contributed by atoms with Gasteiger partial charge in [-0.25, -0.2) is 0 Å². The molecule has 2 atom stereocenters. The molecule has 4 heterocycles. The van der Waals surface area contributed by atoms with Crippen LogP contribution in [0.4, 0.5) is 11.4 Å². The standard InChI is InChI=1S/C33H43N2S2.C32H31N2S2.C7H8O3S.HI/c1-7-9-10-15-35-28-14-12-24(4)17-30(28)37-32(35)20-26-18-25(21-33(5,6)22-26)19-31-34(8-2)27-13-11-23(3)16-29(27)36-31;1-21-10-12-27-29(14-21)35-31(33(27)3)19-23-16-24(18-26(17-23)25-8-6-5-7-9-25)20-32-34(4)28-13-11-22(2)15-30(28)36-32;1-6-2-4-7(5-3-6)11-10-9-8;/h11-14,16-19,32H,7-10,15,20-22H2,1-6H3;5-16,19-20,26H,17-18H2,1-4H3;2-5,8H,1H3;1H/q2*+1;;/p-2/b25-19-;;;. The molecular formula is C72H81IN4O3S5. The lowest BCUT2D eigenvalue weighted by molar-refractivity contribution is -0.777. The van der Waals surface area contributed by atoms with Crippen LogP contribution in [0.1, 0.15) is 128 Å². The number of rotatable bonds is 14. The molecule has 7 nitrogen and oxygen atoms in total. The Morgan fingerprint density at radius 3 is 2.02 bits per heavy atom. The van der Waals surface area contributed by atoms with Crippen molar-refractivity contribution in [3.8, 4) is 0 Å². The first-order chi connectivity index (χ1) is 40.5. The molecule has 12 rings (SSSR count). The highest BCUT2D eigenvalue weighted by atomic mass is 127. The summed E-state index contributed by atoms with van der Waals surface area (Å²) in [6, 6.07) is 46.0. The van der Waals surface area contributed by atoms with Gasteiger partial charge in [-0.3, -0.25) is 5.04 Å². The van der Waals surface area contributed by atoms with Gasteiger partial charge in [0.2, 0.25) is 11.0 Å². The maximum absolute atomic E-state index is 9.43. The van der Waals surface area contributed by atoms with Crippen molar-refractivity contribution in [1.82, 2.24) is 0 Å². The topological polar surface area (TPSA) is 55.8 Å². The van der Waals surface area contributed by atoms with Gasteiger partial charge in [-0.1, -0.05) is 170 Å². The van der Waals surface area contributed by atoms with Gasteiger partial charge < -0.3 is 39.0 Å². The molecule has 85 heavy (non-hydrogen) atoms. The fourth-order valence-corrected chi connectivity index (χ4v) is 17.7. The van der Waals surface area contributed by atoms with Gasteiger partial charge in [0.15, 0.2) is 0 Å². The highest BCUT2D eigenvalue weighted by Gasteiger charge is 2.34. The summed E-state index contributed by atoms with van der Waals surface area (Å²) in [5.74, 6) is 0.484. The molecular weight excluding hydrogens is 1260 g/mol. The van der Waals surface area contributed by atoms with E-state index < -0.39 is 0 Å². The third-order valence-electron chi connectivity index (χ3n) is 16.2. The number of hydrogen-bond donors (Lipinski definition) is 0. The third kappa shape index (κ3) is 16.2. The molecule has 0 N–H and O–H groups in total. The van der Waals surface area contributed by atoms with E-state index in [4.69, 9.17) is 0 Å². The predicted octanol–water partition coefficient (Wildman–Crippen LogP) is 16.0. The number of thioether (sulfide) groups is 2. The Morgan fingerprint density at radius 1 is 0.682 bits per heavy atom. The zero-order valence-electron chi connectivity index (χ0n) is 51.2. The van der Waals surface area contributed by atoms with Crippen molar-refractivity contribution in [3.63, 3.8) is 0 Å². The van der Waals surface area contributed by atoms with Gasteiger partial charge in [0.1, 0.15) is 23.0 Å². The van der Waals surface area contributed by atoms with Crippen LogP contribution in [-0.4, -0.2) is 19.0 Å². The van der Waals surface area contributed by atoms with Crippen molar-refractivity contribution in [2.45, 2.75) is 146 Å². The van der Waals surface area contributed by atoms with E-state index in [1.54, 1.807) is 5.57 Å². The Balaban J connectivity index is 0.000000171. The Morgan fingerprint density at radius 2 is 1.32 bits per heavy atom. The molecule has 0 radical (unpaired) electrons. The van der Waals surface area contributed by atoms with Gasteiger partial charge in [-0.05, 0) is 191 Å². The minimum Gasteiger partial charge on any atom is -1.00 e. The minimum atomic E-state index is 0. The lowest BCUT2D eigenvalue weighted by Gasteiger charge is -2.34. The highest BCUT2D eigenvalue weighted by molar-refractivity contribution is 8.03. The van der Waals surface area contributed by atoms with E-state index in [-0.39, 0.29) is 24.0 Å². The lowest BCUT2D eigenvalue weighted by Crippen LogP contribution is -3.00. The Bertz CT molecular complexity index is 3800. The monoisotopic (exact) mass is 1340 g/mol. The summed E-state index contributed by atoms with van der Waals surface area (Å²) < 4.78 is 11.7. The van der Waals surface area contributed by atoms with E-state index in [1.165, 1.54) is 133 Å². The number of halogens is 1. The number of hydrogen-bond acceptors (Lipinski definition) is 10. The Kier molecular flexibility index (Phi) is 22.3. The summed E-state index contributed by atoms with van der Waals surface area (Å²) in [5.41, 5.74) is 19.5. The summed E-state index contributed by atoms with van der Waals surface area (Å²) in [4.78, 5) is 8.71. The molecule has 2 aliphatic heterocycles. The number of aromatic nitrogens is 2. The van der Waals surface area contributed by atoms with Crippen LogP contribution in [-0.2, 0) is 23.0 Å². The minimum absolute atomic E-state index is 0. The summed E-state index contributed by atoms with van der Waals surface area (Å²) in [7, 11) is 4.38. The van der Waals surface area contributed by atoms with Gasteiger partial charge in [-0.2, -0.15) is 13.5 Å². The van der Waals surface area contributed by atoms with Gasteiger partial charge in [0, 0.05) is 52.6 Å². The maximum atomic E-state index is 9.43. The normalized spacial score (nSPS) is 18.4. The smallest absolute Gasteiger partial charge is 0.263 e. The first kappa shape index (κ1) is 64.5. The average Bonchev–Trinajstić information content (AvgIpc) is 4.15. The number of unbranched alkanes of at least 4 members (excludes halogenated alkanes) is 2. The molecule has 2 unspecified atom stereocenters. The highest BCUT2D eigenvalue weighted by Crippen LogP contribution is 2.50. The summed E-state index contributed by atoms with van der Waals surface area (Å²) in [6.45, 7) is 22.4. The van der Waals surface area contributed by atoms with E-state index in [0.29, 0.717) is 16.7 Å². The maximum Gasteiger partial charge on any atom is 0.263 e. The van der Waals surface area contributed by atoms with E-state index in [0.717, 1.165) is 54.7 Å². The number of anilines is 2. The van der Waals surface area contributed by atoms with Crippen LogP contribution in [0, 0.1) is 40.0 Å². The molecule has 0 saturated heterocycles.